The van der Waals surface area contributed by atoms with Crippen LogP contribution < -0.4 is 5.73 Å². The summed E-state index contributed by atoms with van der Waals surface area (Å²) in [5.74, 6) is 0. The van der Waals surface area contributed by atoms with Crippen LogP contribution in [0, 0.1) is 13.8 Å². The maximum Gasteiger partial charge on any atom is 0.0491 e. The summed E-state index contributed by atoms with van der Waals surface area (Å²) in [6.07, 6.45) is 0.941. The Labute approximate surface area is 84.1 Å². The molecule has 14 heavy (non-hydrogen) atoms. The molecule has 2 aromatic rings. The smallest absolute Gasteiger partial charge is 0.0491 e. The molecule has 0 fully saturated rings. The van der Waals surface area contributed by atoms with Crippen molar-refractivity contribution in [3.05, 3.63) is 35.0 Å². The molecule has 1 aromatic heterocycles. The topological polar surface area (TPSA) is 41.8 Å². The molecule has 0 spiro atoms. The molecule has 0 saturated heterocycles. The highest BCUT2D eigenvalue weighted by Crippen LogP contribution is 2.24. The maximum absolute atomic E-state index is 5.58. The number of fused-ring (bicyclic) bond motifs is 1. The fourth-order valence-corrected chi connectivity index (χ4v) is 1.91. The summed E-state index contributed by atoms with van der Waals surface area (Å²) in [5.41, 5.74) is 10.8. The molecule has 2 rings (SSSR count). The van der Waals surface area contributed by atoms with Gasteiger partial charge < -0.3 is 10.7 Å². The van der Waals surface area contributed by atoms with Crippen LogP contribution in [0.1, 0.15) is 16.8 Å². The summed E-state index contributed by atoms with van der Waals surface area (Å²) >= 11 is 0. The van der Waals surface area contributed by atoms with Crippen LogP contribution in [-0.4, -0.2) is 11.5 Å². The third-order valence-electron chi connectivity index (χ3n) is 2.84. The van der Waals surface area contributed by atoms with E-state index in [-0.39, 0.29) is 0 Å². The number of aryl methyl sites for hydroxylation is 2. The molecule has 74 valence electrons. The third kappa shape index (κ3) is 1.32. The standard InChI is InChI=1S/C12H16N2/c1-8-9(2)14-12-10(6-7-13)4-3-5-11(8)12/h3-5,14H,6-7,13H2,1-2H3. The van der Waals surface area contributed by atoms with E-state index >= 15 is 0 Å². The second kappa shape index (κ2) is 3.46. The Balaban J connectivity index is 2.68. The van der Waals surface area contributed by atoms with Crippen molar-refractivity contribution < 1.29 is 0 Å². The highest BCUT2D eigenvalue weighted by molar-refractivity contribution is 5.87. The zero-order valence-electron chi connectivity index (χ0n) is 8.72. The van der Waals surface area contributed by atoms with Gasteiger partial charge in [0.15, 0.2) is 0 Å². The number of para-hydroxylation sites is 1. The number of rotatable bonds is 2. The van der Waals surface area contributed by atoms with E-state index in [1.54, 1.807) is 0 Å². The van der Waals surface area contributed by atoms with Gasteiger partial charge in [-0.3, -0.25) is 0 Å². The molecule has 0 atom stereocenters. The quantitative estimate of drug-likeness (QED) is 0.746. The van der Waals surface area contributed by atoms with Crippen molar-refractivity contribution in [2.45, 2.75) is 20.3 Å². The highest BCUT2D eigenvalue weighted by atomic mass is 14.7. The molecule has 2 heteroatoms. The summed E-state index contributed by atoms with van der Waals surface area (Å²) < 4.78 is 0. The van der Waals surface area contributed by atoms with Crippen molar-refractivity contribution in [3.63, 3.8) is 0 Å². The molecule has 1 heterocycles. The van der Waals surface area contributed by atoms with Crippen molar-refractivity contribution in [1.29, 1.82) is 0 Å². The molecule has 0 amide bonds. The molecule has 2 nitrogen and oxygen atoms in total. The first-order valence-electron chi connectivity index (χ1n) is 5.01. The van der Waals surface area contributed by atoms with Crippen molar-refractivity contribution in [2.24, 2.45) is 5.73 Å². The summed E-state index contributed by atoms with van der Waals surface area (Å²) in [4.78, 5) is 3.42. The zero-order chi connectivity index (χ0) is 10.1. The van der Waals surface area contributed by atoms with Crippen LogP contribution in [-0.2, 0) is 6.42 Å². The number of hydrogen-bond acceptors (Lipinski definition) is 1. The van der Waals surface area contributed by atoms with Gasteiger partial charge >= 0.3 is 0 Å². The number of aromatic nitrogens is 1. The van der Waals surface area contributed by atoms with E-state index in [0.717, 1.165) is 6.42 Å². The van der Waals surface area contributed by atoms with Crippen LogP contribution in [0.2, 0.25) is 0 Å². The minimum atomic E-state index is 0.705. The Bertz CT molecular complexity index is 455. The van der Waals surface area contributed by atoms with E-state index in [0.29, 0.717) is 6.54 Å². The number of nitrogens with two attached hydrogens (primary N) is 1. The predicted molar refractivity (Wildman–Crippen MR) is 60.5 cm³/mol. The minimum Gasteiger partial charge on any atom is -0.358 e. The van der Waals surface area contributed by atoms with Gasteiger partial charge in [-0.1, -0.05) is 18.2 Å². The monoisotopic (exact) mass is 188 g/mol. The van der Waals surface area contributed by atoms with Gasteiger partial charge in [-0.2, -0.15) is 0 Å². The first-order chi connectivity index (χ1) is 6.74. The van der Waals surface area contributed by atoms with Gasteiger partial charge in [-0.25, -0.2) is 0 Å². The number of benzene rings is 1. The minimum absolute atomic E-state index is 0.705. The number of H-pyrrole nitrogens is 1. The van der Waals surface area contributed by atoms with E-state index in [9.17, 15) is 0 Å². The van der Waals surface area contributed by atoms with Crippen LogP contribution in [0.25, 0.3) is 10.9 Å². The lowest BCUT2D eigenvalue weighted by atomic mass is 10.1. The van der Waals surface area contributed by atoms with E-state index < -0.39 is 0 Å². The van der Waals surface area contributed by atoms with Crippen molar-refractivity contribution in [1.82, 2.24) is 4.98 Å². The van der Waals surface area contributed by atoms with E-state index in [1.165, 1.54) is 27.7 Å². The van der Waals surface area contributed by atoms with Gasteiger partial charge in [0, 0.05) is 16.6 Å². The highest BCUT2D eigenvalue weighted by Gasteiger charge is 2.06. The molecule has 0 unspecified atom stereocenters. The van der Waals surface area contributed by atoms with Gasteiger partial charge in [0.25, 0.3) is 0 Å². The molecule has 3 N–H and O–H groups in total. The Hall–Kier alpha value is -1.28. The van der Waals surface area contributed by atoms with Crippen molar-refractivity contribution in [2.75, 3.05) is 6.54 Å². The first-order valence-corrected chi connectivity index (χ1v) is 5.01. The predicted octanol–water partition coefficient (Wildman–Crippen LogP) is 2.29. The molecule has 0 aliphatic rings. The Kier molecular flexibility index (Phi) is 2.30. The lowest BCUT2D eigenvalue weighted by Crippen LogP contribution is -2.02. The molecule has 0 bridgehead atoms. The van der Waals surface area contributed by atoms with Crippen molar-refractivity contribution >= 4 is 10.9 Å². The van der Waals surface area contributed by atoms with Crippen LogP contribution in [0.3, 0.4) is 0 Å². The summed E-state index contributed by atoms with van der Waals surface area (Å²) in [6, 6.07) is 6.41. The number of aromatic amines is 1. The van der Waals surface area contributed by atoms with Crippen LogP contribution in [0.4, 0.5) is 0 Å². The first kappa shape index (κ1) is 9.28. The maximum atomic E-state index is 5.58. The number of hydrogen-bond donors (Lipinski definition) is 2. The van der Waals surface area contributed by atoms with Gasteiger partial charge in [0.1, 0.15) is 0 Å². The number of nitrogens with one attached hydrogen (secondary N) is 1. The van der Waals surface area contributed by atoms with Gasteiger partial charge in [0.05, 0.1) is 0 Å². The lowest BCUT2D eigenvalue weighted by molar-refractivity contribution is 0.974. The van der Waals surface area contributed by atoms with Crippen LogP contribution in [0.15, 0.2) is 18.2 Å². The van der Waals surface area contributed by atoms with Gasteiger partial charge in [-0.05, 0) is 37.9 Å². The largest absolute Gasteiger partial charge is 0.358 e. The SMILES string of the molecule is Cc1[nH]c2c(CCN)cccc2c1C. The Morgan fingerprint density at radius 1 is 1.29 bits per heavy atom. The second-order valence-electron chi connectivity index (χ2n) is 3.75. The Morgan fingerprint density at radius 3 is 2.79 bits per heavy atom. The molecule has 0 aliphatic carbocycles. The average Bonchev–Trinajstić information content (AvgIpc) is 2.46. The van der Waals surface area contributed by atoms with Gasteiger partial charge in [-0.15, -0.1) is 0 Å². The zero-order valence-corrected chi connectivity index (χ0v) is 8.72. The molecule has 0 saturated carbocycles. The molecule has 0 radical (unpaired) electrons. The van der Waals surface area contributed by atoms with E-state index in [1.807, 2.05) is 0 Å². The van der Waals surface area contributed by atoms with Crippen LogP contribution >= 0.6 is 0 Å². The molecule has 0 aliphatic heterocycles. The summed E-state index contributed by atoms with van der Waals surface area (Å²) in [5, 5.41) is 1.33. The normalized spacial score (nSPS) is 11.1. The average molecular weight is 188 g/mol. The summed E-state index contributed by atoms with van der Waals surface area (Å²) in [7, 11) is 0. The second-order valence-corrected chi connectivity index (χ2v) is 3.75. The molecule has 1 aromatic carbocycles. The lowest BCUT2D eigenvalue weighted by Gasteiger charge is -2.00. The fourth-order valence-electron chi connectivity index (χ4n) is 1.91. The molecular weight excluding hydrogens is 172 g/mol. The van der Waals surface area contributed by atoms with E-state index in [2.05, 4.69) is 37.0 Å². The van der Waals surface area contributed by atoms with Crippen molar-refractivity contribution in [3.8, 4) is 0 Å². The van der Waals surface area contributed by atoms with Gasteiger partial charge in [0.2, 0.25) is 0 Å². The van der Waals surface area contributed by atoms with Crippen LogP contribution in [0.5, 0.6) is 0 Å². The summed E-state index contributed by atoms with van der Waals surface area (Å²) in [6.45, 7) is 4.97. The Morgan fingerprint density at radius 2 is 2.07 bits per heavy atom. The third-order valence-corrected chi connectivity index (χ3v) is 2.84. The van der Waals surface area contributed by atoms with E-state index in [4.69, 9.17) is 5.73 Å². The molecular formula is C12H16N2. The fraction of sp³-hybridized carbons (Fsp3) is 0.333.